The van der Waals surface area contributed by atoms with Gasteiger partial charge in [-0.3, -0.25) is 0 Å². The van der Waals surface area contributed by atoms with Crippen LogP contribution in [0.3, 0.4) is 0 Å². The van der Waals surface area contributed by atoms with Gasteiger partial charge in [0.15, 0.2) is 0 Å². The van der Waals surface area contributed by atoms with Gasteiger partial charge in [-0.2, -0.15) is 0 Å². The van der Waals surface area contributed by atoms with E-state index in [1.807, 2.05) is 0 Å². The molecule has 0 aliphatic carbocycles. The van der Waals surface area contributed by atoms with Gasteiger partial charge in [0.1, 0.15) is 0 Å². The molecule has 0 rings (SSSR count). The quantitative estimate of drug-likeness (QED) is 0.604. The molecule has 102 valence electrons. The van der Waals surface area contributed by atoms with E-state index in [0.717, 1.165) is 18.2 Å². The van der Waals surface area contributed by atoms with Gasteiger partial charge in [-0.15, -0.1) is 0 Å². The molecule has 0 aliphatic heterocycles. The zero-order valence-electron chi connectivity index (χ0n) is 10.5. The Balaban J connectivity index is -0.000000190. The Labute approximate surface area is 106 Å². The first-order valence-electron chi connectivity index (χ1n) is 4.74. The van der Waals surface area contributed by atoms with E-state index in [1.165, 1.54) is 7.11 Å². The van der Waals surface area contributed by atoms with Crippen LogP contribution in [-0.2, 0) is 23.9 Å². The summed E-state index contributed by atoms with van der Waals surface area (Å²) in [7, 11) is 1.31. The van der Waals surface area contributed by atoms with E-state index in [1.54, 1.807) is 6.92 Å². The van der Waals surface area contributed by atoms with Crippen molar-refractivity contribution >= 4 is 17.9 Å². The van der Waals surface area contributed by atoms with E-state index in [-0.39, 0.29) is 5.97 Å². The molecule has 0 aromatic rings. The highest BCUT2D eigenvalue weighted by Crippen LogP contribution is 1.74. The second-order valence-electron chi connectivity index (χ2n) is 2.23. The number of hydrogen-bond donors (Lipinski definition) is 1. The average Bonchev–Trinajstić information content (AvgIpc) is 2.39. The maximum atomic E-state index is 10.1. The summed E-state index contributed by atoms with van der Waals surface area (Å²) in [6.07, 6.45) is 3.09. The summed E-state index contributed by atoms with van der Waals surface area (Å²) in [5.41, 5.74) is 0. The van der Waals surface area contributed by atoms with Crippen LogP contribution in [0.4, 0.5) is 0 Å². The number of carboxylic acids is 1. The topological polar surface area (TPSA) is 89.9 Å². The third-order valence-electron chi connectivity index (χ3n) is 0.996. The van der Waals surface area contributed by atoms with Crippen molar-refractivity contribution < 1.29 is 29.0 Å². The number of carbonyl (C=O) groups is 3. The first-order chi connectivity index (χ1) is 8.39. The largest absolute Gasteiger partial charge is 0.478 e. The second-order valence-corrected chi connectivity index (χ2v) is 2.23. The molecule has 1 N–H and O–H groups in total. The number of aliphatic carboxylic acids is 1. The lowest BCUT2D eigenvalue weighted by Gasteiger charge is -1.90. The lowest BCUT2D eigenvalue weighted by atomic mass is 10.6. The molecule has 0 aromatic heterocycles. The third kappa shape index (κ3) is 29.2. The predicted molar refractivity (Wildman–Crippen MR) is 66.9 cm³/mol. The number of ether oxygens (including phenoxy) is 2. The summed E-state index contributed by atoms with van der Waals surface area (Å²) in [5.74, 6) is -1.73. The first-order valence-corrected chi connectivity index (χ1v) is 4.74. The van der Waals surface area contributed by atoms with Gasteiger partial charge in [0.2, 0.25) is 0 Å². The number of esters is 2. The highest BCUT2D eigenvalue weighted by molar-refractivity contribution is 5.81. The van der Waals surface area contributed by atoms with E-state index in [0.29, 0.717) is 6.61 Å². The van der Waals surface area contributed by atoms with Gasteiger partial charge in [-0.1, -0.05) is 19.7 Å². The van der Waals surface area contributed by atoms with Crippen LogP contribution in [0, 0.1) is 0 Å². The van der Waals surface area contributed by atoms with Crippen molar-refractivity contribution in [1.82, 2.24) is 0 Å². The molecule has 6 nitrogen and oxygen atoms in total. The van der Waals surface area contributed by atoms with Crippen LogP contribution in [0.5, 0.6) is 0 Å². The van der Waals surface area contributed by atoms with Crippen molar-refractivity contribution in [2.24, 2.45) is 0 Å². The minimum absolute atomic E-state index is 0.359. The zero-order chi connectivity index (χ0) is 15.0. The van der Waals surface area contributed by atoms with Crippen LogP contribution >= 0.6 is 0 Å². The second kappa shape index (κ2) is 17.0. The van der Waals surface area contributed by atoms with Crippen LogP contribution in [0.1, 0.15) is 6.92 Å². The van der Waals surface area contributed by atoms with Gasteiger partial charge in [-0.05, 0) is 6.92 Å². The molecule has 0 aromatic carbocycles. The Morgan fingerprint density at radius 3 is 1.50 bits per heavy atom. The van der Waals surface area contributed by atoms with Crippen LogP contribution < -0.4 is 0 Å². The zero-order valence-corrected chi connectivity index (χ0v) is 10.5. The van der Waals surface area contributed by atoms with Gasteiger partial charge in [0, 0.05) is 18.2 Å². The van der Waals surface area contributed by atoms with Crippen molar-refractivity contribution in [1.29, 1.82) is 0 Å². The van der Waals surface area contributed by atoms with E-state index in [2.05, 4.69) is 29.2 Å². The third-order valence-corrected chi connectivity index (χ3v) is 0.996. The van der Waals surface area contributed by atoms with Crippen molar-refractivity contribution in [3.05, 3.63) is 38.0 Å². The molecule has 0 fully saturated rings. The molecule has 0 spiro atoms. The van der Waals surface area contributed by atoms with Crippen molar-refractivity contribution in [3.8, 4) is 0 Å². The smallest absolute Gasteiger partial charge is 0.330 e. The van der Waals surface area contributed by atoms with Crippen LogP contribution in [0.2, 0.25) is 0 Å². The molecule has 0 unspecified atom stereocenters. The Morgan fingerprint density at radius 1 is 1.06 bits per heavy atom. The van der Waals surface area contributed by atoms with Gasteiger partial charge in [0.25, 0.3) is 0 Å². The monoisotopic (exact) mass is 258 g/mol. The molecular weight excluding hydrogens is 240 g/mol. The Morgan fingerprint density at radius 2 is 1.44 bits per heavy atom. The minimum Gasteiger partial charge on any atom is -0.478 e. The van der Waals surface area contributed by atoms with Gasteiger partial charge < -0.3 is 14.6 Å². The minimum atomic E-state index is -0.981. The predicted octanol–water partition coefficient (Wildman–Crippen LogP) is 1.34. The number of hydrogen-bond acceptors (Lipinski definition) is 5. The summed E-state index contributed by atoms with van der Waals surface area (Å²) in [5, 5.41) is 7.60. The summed E-state index contributed by atoms with van der Waals surface area (Å²) in [4.78, 5) is 29.2. The fraction of sp³-hybridized carbons (Fsp3) is 0.250. The normalized spacial score (nSPS) is 7.00. The summed E-state index contributed by atoms with van der Waals surface area (Å²) in [6, 6.07) is 0. The number of carboxylic acid groups (broad SMARTS) is 1. The lowest BCUT2D eigenvalue weighted by molar-refractivity contribution is -0.137. The van der Waals surface area contributed by atoms with Gasteiger partial charge in [0.05, 0.1) is 13.7 Å². The Bertz CT molecular complexity index is 293. The molecule has 18 heavy (non-hydrogen) atoms. The highest BCUT2D eigenvalue weighted by Gasteiger charge is 1.86. The number of methoxy groups -OCH3 is 1. The molecular formula is C12H18O6. The SMILES string of the molecule is C=CC(=O)O.C=CC(=O)OC.C=CC(=O)OCC. The first kappa shape index (κ1) is 21.0. The van der Waals surface area contributed by atoms with Gasteiger partial charge in [-0.25, -0.2) is 14.4 Å². The molecule has 0 radical (unpaired) electrons. The molecule has 6 heteroatoms. The molecule has 0 saturated heterocycles. The number of rotatable bonds is 4. The van der Waals surface area contributed by atoms with Crippen molar-refractivity contribution in [3.63, 3.8) is 0 Å². The summed E-state index contributed by atoms with van der Waals surface area (Å²) >= 11 is 0. The van der Waals surface area contributed by atoms with E-state index in [9.17, 15) is 14.4 Å². The number of carbonyl (C=O) groups excluding carboxylic acids is 2. The van der Waals surface area contributed by atoms with Gasteiger partial charge >= 0.3 is 17.9 Å². The molecule has 0 aliphatic rings. The molecule has 0 heterocycles. The fourth-order valence-corrected chi connectivity index (χ4v) is 0.285. The maximum Gasteiger partial charge on any atom is 0.330 e. The molecule has 0 atom stereocenters. The van der Waals surface area contributed by atoms with Crippen LogP contribution in [-0.4, -0.2) is 36.7 Å². The molecule has 0 saturated carbocycles. The van der Waals surface area contributed by atoms with E-state index in [4.69, 9.17) is 5.11 Å². The van der Waals surface area contributed by atoms with Crippen molar-refractivity contribution in [2.75, 3.05) is 13.7 Å². The Hall–Kier alpha value is -2.37. The fourth-order valence-electron chi connectivity index (χ4n) is 0.285. The van der Waals surface area contributed by atoms with E-state index >= 15 is 0 Å². The van der Waals surface area contributed by atoms with Crippen LogP contribution in [0.15, 0.2) is 38.0 Å². The van der Waals surface area contributed by atoms with Crippen LogP contribution in [0.25, 0.3) is 0 Å². The maximum absolute atomic E-state index is 10.1. The van der Waals surface area contributed by atoms with Crippen molar-refractivity contribution in [2.45, 2.75) is 6.92 Å². The summed E-state index contributed by atoms with van der Waals surface area (Å²) < 4.78 is 8.58. The Kier molecular flexibility index (Phi) is 19.9. The average molecular weight is 258 g/mol. The lowest BCUT2D eigenvalue weighted by Crippen LogP contribution is -1.97. The highest BCUT2D eigenvalue weighted by atomic mass is 16.5. The summed E-state index contributed by atoms with van der Waals surface area (Å²) in [6.45, 7) is 11.5. The van der Waals surface area contributed by atoms with E-state index < -0.39 is 11.9 Å². The molecule has 0 amide bonds. The molecule has 0 bridgehead atoms. The standard InChI is InChI=1S/C5H8O2.C4H6O2.C3H4O2/c1-3-5(6)7-4-2;1-3-4(5)6-2;1-2-3(4)5/h3H,1,4H2,2H3;3H,1H2,2H3;2H,1H2,(H,4,5).